The number of amides is 1. The second kappa shape index (κ2) is 6.95. The van der Waals surface area contributed by atoms with Gasteiger partial charge in [0.1, 0.15) is 17.3 Å². The van der Waals surface area contributed by atoms with E-state index >= 15 is 0 Å². The third kappa shape index (κ3) is 3.27. The van der Waals surface area contributed by atoms with E-state index < -0.39 is 0 Å². The normalized spacial score (nSPS) is 10.4. The highest BCUT2D eigenvalue weighted by molar-refractivity contribution is 5.93. The van der Waals surface area contributed by atoms with Crippen molar-refractivity contribution in [1.82, 2.24) is 14.9 Å². The van der Waals surface area contributed by atoms with Gasteiger partial charge in [-0.1, -0.05) is 18.2 Å². The molecule has 0 fully saturated rings. The van der Waals surface area contributed by atoms with Gasteiger partial charge in [-0.2, -0.15) is 0 Å². The van der Waals surface area contributed by atoms with E-state index in [0.29, 0.717) is 23.7 Å². The Bertz CT molecular complexity index is 843. The molecule has 0 radical (unpaired) electrons. The van der Waals surface area contributed by atoms with Gasteiger partial charge in [-0.25, -0.2) is 9.37 Å². The van der Waals surface area contributed by atoms with Crippen molar-refractivity contribution in [3.63, 3.8) is 0 Å². The summed E-state index contributed by atoms with van der Waals surface area (Å²) >= 11 is 0. The van der Waals surface area contributed by atoms with E-state index in [1.54, 1.807) is 23.8 Å². The van der Waals surface area contributed by atoms with Gasteiger partial charge in [0.05, 0.1) is 19.6 Å². The predicted octanol–water partition coefficient (Wildman–Crippen LogP) is 2.95. The molecule has 0 bridgehead atoms. The third-order valence-electron chi connectivity index (χ3n) is 3.61. The number of ether oxygens (including phenoxy) is 1. The van der Waals surface area contributed by atoms with E-state index in [-0.39, 0.29) is 11.7 Å². The summed E-state index contributed by atoms with van der Waals surface area (Å²) in [5.74, 6) is 0.105. The van der Waals surface area contributed by atoms with Crippen molar-refractivity contribution >= 4 is 5.91 Å². The molecule has 1 amide bonds. The van der Waals surface area contributed by atoms with Crippen LogP contribution in [-0.4, -0.2) is 22.6 Å². The zero-order chi connectivity index (χ0) is 16.9. The number of carbonyl (C=O) groups excluding carboxylic acids is 1. The van der Waals surface area contributed by atoms with E-state index in [2.05, 4.69) is 10.3 Å². The number of para-hydroxylation sites is 1. The maximum Gasteiger partial charge on any atom is 0.270 e. The molecule has 0 atom stereocenters. The molecule has 24 heavy (non-hydrogen) atoms. The minimum absolute atomic E-state index is 0.275. The van der Waals surface area contributed by atoms with Crippen LogP contribution in [0.4, 0.5) is 4.39 Å². The van der Waals surface area contributed by atoms with Crippen LogP contribution in [0.25, 0.3) is 5.69 Å². The van der Waals surface area contributed by atoms with Crippen molar-refractivity contribution in [3.05, 3.63) is 78.1 Å². The maximum absolute atomic E-state index is 13.1. The summed E-state index contributed by atoms with van der Waals surface area (Å²) in [6, 6.07) is 13.3. The summed E-state index contributed by atoms with van der Waals surface area (Å²) < 4.78 is 19.9. The molecule has 3 rings (SSSR count). The molecular formula is C18H16FN3O2. The summed E-state index contributed by atoms with van der Waals surface area (Å²) in [6.07, 6.45) is 2.99. The lowest BCUT2D eigenvalue weighted by Gasteiger charge is -2.11. The molecular weight excluding hydrogens is 309 g/mol. The minimum Gasteiger partial charge on any atom is -0.496 e. The molecule has 3 aromatic rings. The number of carbonyl (C=O) groups is 1. The molecule has 122 valence electrons. The van der Waals surface area contributed by atoms with Crippen LogP contribution in [0.15, 0.2) is 61.1 Å². The first kappa shape index (κ1) is 15.7. The number of nitrogens with one attached hydrogen (secondary N) is 1. The number of nitrogens with zero attached hydrogens (tertiary/aromatic N) is 2. The molecule has 0 unspecified atom stereocenters. The van der Waals surface area contributed by atoms with Crippen LogP contribution < -0.4 is 10.1 Å². The van der Waals surface area contributed by atoms with Gasteiger partial charge in [0.2, 0.25) is 0 Å². The quantitative estimate of drug-likeness (QED) is 0.785. The Morgan fingerprint density at radius 1 is 1.21 bits per heavy atom. The fraction of sp³-hybridized carbons (Fsp3) is 0.111. The van der Waals surface area contributed by atoms with Crippen LogP contribution in [0.5, 0.6) is 5.75 Å². The zero-order valence-corrected chi connectivity index (χ0v) is 13.1. The largest absolute Gasteiger partial charge is 0.496 e. The van der Waals surface area contributed by atoms with Crippen LogP contribution in [0.1, 0.15) is 16.1 Å². The van der Waals surface area contributed by atoms with Gasteiger partial charge in [-0.3, -0.25) is 9.36 Å². The first-order valence-corrected chi connectivity index (χ1v) is 7.37. The SMILES string of the molecule is COc1ccccc1CNC(=O)c1cncn1-c1ccc(F)cc1. The molecule has 2 aromatic carbocycles. The van der Waals surface area contributed by atoms with Crippen LogP contribution >= 0.6 is 0 Å². The van der Waals surface area contributed by atoms with E-state index in [1.165, 1.54) is 24.7 Å². The van der Waals surface area contributed by atoms with Gasteiger partial charge in [-0.05, 0) is 30.3 Å². The molecule has 0 aliphatic heterocycles. The summed E-state index contributed by atoms with van der Waals surface area (Å²) in [5.41, 5.74) is 1.91. The average Bonchev–Trinajstić information content (AvgIpc) is 3.10. The third-order valence-corrected chi connectivity index (χ3v) is 3.61. The lowest BCUT2D eigenvalue weighted by atomic mass is 10.2. The number of hydrogen-bond donors (Lipinski definition) is 1. The van der Waals surface area contributed by atoms with E-state index in [4.69, 9.17) is 4.74 Å². The van der Waals surface area contributed by atoms with Gasteiger partial charge in [0, 0.05) is 17.8 Å². The monoisotopic (exact) mass is 325 g/mol. The van der Waals surface area contributed by atoms with Gasteiger partial charge in [-0.15, -0.1) is 0 Å². The molecule has 1 heterocycles. The van der Waals surface area contributed by atoms with E-state index in [0.717, 1.165) is 5.56 Å². The number of hydrogen-bond acceptors (Lipinski definition) is 3. The van der Waals surface area contributed by atoms with E-state index in [9.17, 15) is 9.18 Å². The molecule has 0 spiro atoms. The Morgan fingerprint density at radius 2 is 1.96 bits per heavy atom. The summed E-state index contributed by atoms with van der Waals surface area (Å²) in [5, 5.41) is 2.84. The minimum atomic E-state index is -0.332. The molecule has 0 saturated heterocycles. The van der Waals surface area contributed by atoms with Crippen LogP contribution in [0.2, 0.25) is 0 Å². The highest BCUT2D eigenvalue weighted by Gasteiger charge is 2.13. The maximum atomic E-state index is 13.1. The summed E-state index contributed by atoms with van der Waals surface area (Å²) in [6.45, 7) is 0.331. The van der Waals surface area contributed by atoms with Crippen molar-refractivity contribution in [2.45, 2.75) is 6.54 Å². The summed E-state index contributed by atoms with van der Waals surface area (Å²) in [4.78, 5) is 16.5. The molecule has 6 heteroatoms. The Labute approximate surface area is 138 Å². The number of benzene rings is 2. The lowest BCUT2D eigenvalue weighted by Crippen LogP contribution is -2.25. The fourth-order valence-electron chi connectivity index (χ4n) is 2.39. The first-order valence-electron chi connectivity index (χ1n) is 7.37. The van der Waals surface area contributed by atoms with Crippen molar-refractivity contribution in [3.8, 4) is 11.4 Å². The zero-order valence-electron chi connectivity index (χ0n) is 13.1. The molecule has 0 saturated carbocycles. The standard InChI is InChI=1S/C18H16FN3O2/c1-24-17-5-3-2-4-13(17)10-21-18(23)16-11-20-12-22(16)15-8-6-14(19)7-9-15/h2-9,11-12H,10H2,1H3,(H,21,23). The van der Waals surface area contributed by atoms with E-state index in [1.807, 2.05) is 24.3 Å². The van der Waals surface area contributed by atoms with Crippen molar-refractivity contribution in [1.29, 1.82) is 0 Å². The van der Waals surface area contributed by atoms with Crippen molar-refractivity contribution in [2.75, 3.05) is 7.11 Å². The van der Waals surface area contributed by atoms with Gasteiger partial charge >= 0.3 is 0 Å². The average molecular weight is 325 g/mol. The first-order chi connectivity index (χ1) is 11.7. The number of imidazole rings is 1. The van der Waals surface area contributed by atoms with Gasteiger partial charge in [0.25, 0.3) is 5.91 Å². The van der Waals surface area contributed by atoms with Gasteiger partial charge in [0.15, 0.2) is 0 Å². The van der Waals surface area contributed by atoms with Crippen molar-refractivity contribution < 1.29 is 13.9 Å². The second-order valence-corrected chi connectivity index (χ2v) is 5.12. The molecule has 1 N–H and O–H groups in total. The molecule has 5 nitrogen and oxygen atoms in total. The Hall–Kier alpha value is -3.15. The molecule has 1 aromatic heterocycles. The topological polar surface area (TPSA) is 56.1 Å². The summed E-state index contributed by atoms with van der Waals surface area (Å²) in [7, 11) is 1.59. The Morgan fingerprint density at radius 3 is 2.71 bits per heavy atom. The predicted molar refractivity (Wildman–Crippen MR) is 87.7 cm³/mol. The van der Waals surface area contributed by atoms with Crippen LogP contribution in [0, 0.1) is 5.82 Å². The molecule has 0 aliphatic carbocycles. The van der Waals surface area contributed by atoms with Crippen LogP contribution in [-0.2, 0) is 6.54 Å². The lowest BCUT2D eigenvalue weighted by molar-refractivity contribution is 0.0944. The molecule has 0 aliphatic rings. The highest BCUT2D eigenvalue weighted by Crippen LogP contribution is 2.17. The van der Waals surface area contributed by atoms with Crippen LogP contribution in [0.3, 0.4) is 0 Å². The second-order valence-electron chi connectivity index (χ2n) is 5.12. The highest BCUT2D eigenvalue weighted by atomic mass is 19.1. The fourth-order valence-corrected chi connectivity index (χ4v) is 2.39. The van der Waals surface area contributed by atoms with Gasteiger partial charge < -0.3 is 10.1 Å². The smallest absolute Gasteiger partial charge is 0.270 e. The Kier molecular flexibility index (Phi) is 4.56. The number of rotatable bonds is 5. The number of aromatic nitrogens is 2. The van der Waals surface area contributed by atoms with Crippen molar-refractivity contribution in [2.24, 2.45) is 0 Å². The Balaban J connectivity index is 1.77. The number of methoxy groups -OCH3 is 1. The number of halogens is 1.